The molecular weight excluding hydrogens is 388 g/mol. The third-order valence-corrected chi connectivity index (χ3v) is 6.57. The number of benzene rings is 6. The van der Waals surface area contributed by atoms with Gasteiger partial charge in [0.15, 0.2) is 0 Å². The average molecular weight is 406 g/mol. The second-order valence-corrected chi connectivity index (χ2v) is 8.24. The van der Waals surface area contributed by atoms with E-state index in [9.17, 15) is 0 Å². The van der Waals surface area contributed by atoms with Gasteiger partial charge in [-0.3, -0.25) is 9.97 Å². The molecule has 7 rings (SSSR count). The first-order valence-corrected chi connectivity index (χ1v) is 10.8. The molecule has 148 valence electrons. The van der Waals surface area contributed by atoms with E-state index in [4.69, 9.17) is 0 Å². The highest BCUT2D eigenvalue weighted by atomic mass is 14.8. The zero-order chi connectivity index (χ0) is 21.1. The molecule has 2 heteroatoms. The molecule has 32 heavy (non-hydrogen) atoms. The maximum Gasteiger partial charge on any atom is 0.0885 e. The van der Waals surface area contributed by atoms with Crippen LogP contribution in [0.25, 0.3) is 65.1 Å². The van der Waals surface area contributed by atoms with Crippen LogP contribution in [0, 0.1) is 0 Å². The maximum absolute atomic E-state index is 4.55. The van der Waals surface area contributed by atoms with E-state index in [2.05, 4.69) is 101 Å². The molecule has 0 atom stereocenters. The summed E-state index contributed by atoms with van der Waals surface area (Å²) in [7, 11) is 0. The fourth-order valence-corrected chi connectivity index (χ4v) is 5.23. The van der Waals surface area contributed by atoms with Crippen LogP contribution >= 0.6 is 0 Å². The second-order valence-electron chi connectivity index (χ2n) is 8.24. The van der Waals surface area contributed by atoms with Crippen LogP contribution in [0.2, 0.25) is 0 Å². The molecule has 0 aliphatic rings. The summed E-state index contributed by atoms with van der Waals surface area (Å²) >= 11 is 0. The SMILES string of the molecule is c1ccc2c(c1)c1ccccc1c1c3cc(-c4cnccn4)ccc3c3ccccc3c21. The summed E-state index contributed by atoms with van der Waals surface area (Å²) in [6.45, 7) is 0. The highest BCUT2D eigenvalue weighted by Gasteiger charge is 2.16. The van der Waals surface area contributed by atoms with Gasteiger partial charge in [-0.2, -0.15) is 0 Å². The fraction of sp³-hybridized carbons (Fsp3) is 0. The van der Waals surface area contributed by atoms with Gasteiger partial charge in [0.2, 0.25) is 0 Å². The quantitative estimate of drug-likeness (QED) is 0.259. The van der Waals surface area contributed by atoms with Crippen molar-refractivity contribution in [1.29, 1.82) is 0 Å². The van der Waals surface area contributed by atoms with Crippen LogP contribution in [0.4, 0.5) is 0 Å². The third kappa shape index (κ3) is 2.35. The second kappa shape index (κ2) is 6.60. The molecule has 0 saturated heterocycles. The van der Waals surface area contributed by atoms with E-state index in [-0.39, 0.29) is 0 Å². The monoisotopic (exact) mass is 406 g/mol. The number of hydrogen-bond acceptors (Lipinski definition) is 2. The molecule has 0 spiro atoms. The Labute approximate surface area is 184 Å². The minimum Gasteiger partial charge on any atom is -0.261 e. The predicted octanol–water partition coefficient (Wildman–Crippen LogP) is 7.91. The molecular formula is C30H18N2. The van der Waals surface area contributed by atoms with E-state index in [1.165, 1.54) is 53.9 Å². The molecule has 0 amide bonds. The van der Waals surface area contributed by atoms with Crippen LogP contribution in [0.1, 0.15) is 0 Å². The van der Waals surface area contributed by atoms with Gasteiger partial charge in [0, 0.05) is 18.0 Å². The Morgan fingerprint density at radius 3 is 1.47 bits per heavy atom. The molecule has 0 unspecified atom stereocenters. The van der Waals surface area contributed by atoms with E-state index < -0.39 is 0 Å². The normalized spacial score (nSPS) is 11.8. The van der Waals surface area contributed by atoms with Crippen molar-refractivity contribution in [2.24, 2.45) is 0 Å². The molecule has 1 aromatic heterocycles. The van der Waals surface area contributed by atoms with Crippen molar-refractivity contribution in [1.82, 2.24) is 9.97 Å². The summed E-state index contributed by atoms with van der Waals surface area (Å²) in [4.78, 5) is 8.83. The minimum atomic E-state index is 0.890. The van der Waals surface area contributed by atoms with Crippen molar-refractivity contribution in [2.45, 2.75) is 0 Å². The van der Waals surface area contributed by atoms with E-state index in [0.717, 1.165) is 11.3 Å². The van der Waals surface area contributed by atoms with E-state index in [1.54, 1.807) is 12.4 Å². The first kappa shape index (κ1) is 17.4. The molecule has 0 N–H and O–H groups in total. The lowest BCUT2D eigenvalue weighted by atomic mass is 9.86. The number of rotatable bonds is 1. The van der Waals surface area contributed by atoms with Crippen LogP contribution in [0.15, 0.2) is 110 Å². The number of aromatic nitrogens is 2. The lowest BCUT2D eigenvalue weighted by molar-refractivity contribution is 1.21. The van der Waals surface area contributed by atoms with Crippen LogP contribution in [0.5, 0.6) is 0 Å². The molecule has 6 aromatic carbocycles. The molecule has 0 aliphatic carbocycles. The van der Waals surface area contributed by atoms with Gasteiger partial charge >= 0.3 is 0 Å². The molecule has 0 bridgehead atoms. The number of fused-ring (bicyclic) bond motifs is 11. The lowest BCUT2D eigenvalue weighted by Crippen LogP contribution is -1.90. The fourth-order valence-electron chi connectivity index (χ4n) is 5.23. The van der Waals surface area contributed by atoms with Crippen molar-refractivity contribution < 1.29 is 0 Å². The summed E-state index contributed by atoms with van der Waals surface area (Å²) in [6, 6.07) is 33.0. The van der Waals surface area contributed by atoms with Crippen molar-refractivity contribution in [2.75, 3.05) is 0 Å². The van der Waals surface area contributed by atoms with E-state index in [0.29, 0.717) is 0 Å². The summed E-state index contributed by atoms with van der Waals surface area (Å²) in [6.07, 6.45) is 5.30. The van der Waals surface area contributed by atoms with Gasteiger partial charge in [-0.25, -0.2) is 0 Å². The van der Waals surface area contributed by atoms with Crippen LogP contribution in [0.3, 0.4) is 0 Å². The highest BCUT2D eigenvalue weighted by Crippen LogP contribution is 2.44. The smallest absolute Gasteiger partial charge is 0.0885 e. The van der Waals surface area contributed by atoms with Crippen molar-refractivity contribution in [3.05, 3.63) is 110 Å². The van der Waals surface area contributed by atoms with Crippen molar-refractivity contribution in [3.63, 3.8) is 0 Å². The zero-order valence-electron chi connectivity index (χ0n) is 17.3. The number of hydrogen-bond donors (Lipinski definition) is 0. The first-order valence-electron chi connectivity index (χ1n) is 10.8. The lowest BCUT2D eigenvalue weighted by Gasteiger charge is -2.17. The van der Waals surface area contributed by atoms with E-state index in [1.807, 2.05) is 6.20 Å². The third-order valence-electron chi connectivity index (χ3n) is 6.57. The van der Waals surface area contributed by atoms with Gasteiger partial charge in [0.1, 0.15) is 0 Å². The largest absolute Gasteiger partial charge is 0.261 e. The highest BCUT2D eigenvalue weighted by molar-refractivity contribution is 6.39. The Morgan fingerprint density at radius 2 is 0.938 bits per heavy atom. The molecule has 0 radical (unpaired) electrons. The Kier molecular flexibility index (Phi) is 3.58. The minimum absolute atomic E-state index is 0.890. The molecule has 0 saturated carbocycles. The summed E-state index contributed by atoms with van der Waals surface area (Å²) in [5, 5.41) is 12.9. The zero-order valence-corrected chi connectivity index (χ0v) is 17.3. The van der Waals surface area contributed by atoms with Gasteiger partial charge in [0.25, 0.3) is 0 Å². The number of nitrogens with zero attached hydrogens (tertiary/aromatic N) is 2. The Hall–Kier alpha value is -4.30. The van der Waals surface area contributed by atoms with Gasteiger partial charge < -0.3 is 0 Å². The summed E-state index contributed by atoms with van der Waals surface area (Å²) in [5.74, 6) is 0. The summed E-state index contributed by atoms with van der Waals surface area (Å²) < 4.78 is 0. The molecule has 7 aromatic rings. The first-order chi connectivity index (χ1) is 15.9. The van der Waals surface area contributed by atoms with Gasteiger partial charge in [-0.15, -0.1) is 0 Å². The maximum atomic E-state index is 4.55. The van der Waals surface area contributed by atoms with Crippen LogP contribution < -0.4 is 0 Å². The Morgan fingerprint density at radius 1 is 0.438 bits per heavy atom. The van der Waals surface area contributed by atoms with Gasteiger partial charge in [0.05, 0.1) is 11.9 Å². The van der Waals surface area contributed by atoms with Gasteiger partial charge in [-0.1, -0.05) is 84.9 Å². The van der Waals surface area contributed by atoms with Crippen molar-refractivity contribution >= 4 is 53.9 Å². The predicted molar refractivity (Wildman–Crippen MR) is 135 cm³/mol. The average Bonchev–Trinajstić information content (AvgIpc) is 2.88. The van der Waals surface area contributed by atoms with Crippen LogP contribution in [-0.4, -0.2) is 9.97 Å². The Balaban J connectivity index is 1.82. The standard InChI is InChI=1S/C30H18N2/c1-4-10-24-20(7-1)21-8-2-6-12-26(21)30-27-17-19(28-18-31-15-16-32-28)13-14-23(27)22-9-3-5-11-25(22)29(24)30/h1-18H. The molecule has 0 aliphatic heterocycles. The van der Waals surface area contributed by atoms with Crippen molar-refractivity contribution in [3.8, 4) is 11.3 Å². The topological polar surface area (TPSA) is 25.8 Å². The Bertz CT molecular complexity index is 1800. The molecule has 1 heterocycles. The van der Waals surface area contributed by atoms with Crippen LogP contribution in [-0.2, 0) is 0 Å². The molecule has 2 nitrogen and oxygen atoms in total. The molecule has 0 fully saturated rings. The summed E-state index contributed by atoms with van der Waals surface area (Å²) in [5.41, 5.74) is 1.97. The van der Waals surface area contributed by atoms with E-state index >= 15 is 0 Å². The van der Waals surface area contributed by atoms with Gasteiger partial charge in [-0.05, 0) is 59.9 Å².